The number of carbonyl (C=O) groups is 2. The lowest BCUT2D eigenvalue weighted by Crippen LogP contribution is -2.30. The Kier molecular flexibility index (Phi) is 6.37. The number of amides is 2. The Hall–Kier alpha value is -2.82. The molecule has 0 fully saturated rings. The maximum atomic E-state index is 11.8. The summed E-state index contributed by atoms with van der Waals surface area (Å²) in [4.78, 5) is 23.5. The molecular weight excluding hydrogens is 304 g/mol. The van der Waals surface area contributed by atoms with Gasteiger partial charge in [0.2, 0.25) is 11.8 Å². The fourth-order valence-electron chi connectivity index (χ4n) is 1.96. The van der Waals surface area contributed by atoms with Gasteiger partial charge in [-0.1, -0.05) is 32.0 Å². The highest BCUT2D eigenvalue weighted by atomic mass is 16.5. The second-order valence-electron chi connectivity index (χ2n) is 5.86. The van der Waals surface area contributed by atoms with Crippen molar-refractivity contribution >= 4 is 17.5 Å². The summed E-state index contributed by atoms with van der Waals surface area (Å²) >= 11 is 0. The van der Waals surface area contributed by atoms with Crippen LogP contribution < -0.4 is 15.4 Å². The number of benzene rings is 2. The lowest BCUT2D eigenvalue weighted by atomic mass is 10.2. The van der Waals surface area contributed by atoms with Gasteiger partial charge in [-0.3, -0.25) is 9.59 Å². The second-order valence-corrected chi connectivity index (χ2v) is 5.86. The normalized spacial score (nSPS) is 10.3. The van der Waals surface area contributed by atoms with Crippen LogP contribution in [-0.4, -0.2) is 18.4 Å². The molecule has 0 saturated carbocycles. The molecule has 0 saturated heterocycles. The van der Waals surface area contributed by atoms with Crippen LogP contribution in [0.1, 0.15) is 20.3 Å². The molecule has 126 valence electrons. The van der Waals surface area contributed by atoms with Crippen molar-refractivity contribution in [3.8, 4) is 11.5 Å². The molecule has 2 rings (SSSR count). The lowest BCUT2D eigenvalue weighted by molar-refractivity contribution is -0.126. The summed E-state index contributed by atoms with van der Waals surface area (Å²) in [5, 5.41) is 5.41. The van der Waals surface area contributed by atoms with E-state index in [2.05, 4.69) is 10.6 Å². The van der Waals surface area contributed by atoms with Crippen LogP contribution >= 0.6 is 0 Å². The van der Waals surface area contributed by atoms with Gasteiger partial charge in [0.1, 0.15) is 17.9 Å². The zero-order chi connectivity index (χ0) is 17.4. The maximum Gasteiger partial charge on any atom is 0.233 e. The summed E-state index contributed by atoms with van der Waals surface area (Å²) < 4.78 is 5.68. The van der Waals surface area contributed by atoms with Gasteiger partial charge in [-0.05, 0) is 42.3 Å². The topological polar surface area (TPSA) is 67.4 Å². The largest absolute Gasteiger partial charge is 0.457 e. The first-order chi connectivity index (χ1) is 11.5. The SMILES string of the molecule is CC(C)CNC(=O)CC(=O)Nc1ccc(Oc2ccccc2)cc1. The highest BCUT2D eigenvalue weighted by molar-refractivity contribution is 6.03. The Bertz CT molecular complexity index is 667. The van der Waals surface area contributed by atoms with E-state index in [0.29, 0.717) is 23.9 Å². The average molecular weight is 326 g/mol. The molecular formula is C19H22N2O3. The number of nitrogens with one attached hydrogen (secondary N) is 2. The van der Waals surface area contributed by atoms with E-state index in [9.17, 15) is 9.59 Å². The van der Waals surface area contributed by atoms with Gasteiger partial charge in [-0.15, -0.1) is 0 Å². The third-order valence-corrected chi connectivity index (χ3v) is 3.15. The van der Waals surface area contributed by atoms with Crippen molar-refractivity contribution in [2.45, 2.75) is 20.3 Å². The maximum absolute atomic E-state index is 11.8. The van der Waals surface area contributed by atoms with E-state index in [0.717, 1.165) is 5.75 Å². The Labute approximate surface area is 142 Å². The van der Waals surface area contributed by atoms with Crippen LogP contribution in [0.5, 0.6) is 11.5 Å². The molecule has 0 bridgehead atoms. The number of rotatable bonds is 7. The lowest BCUT2D eigenvalue weighted by Gasteiger charge is -2.09. The summed E-state index contributed by atoms with van der Waals surface area (Å²) in [6.45, 7) is 4.57. The minimum atomic E-state index is -0.340. The van der Waals surface area contributed by atoms with Gasteiger partial charge in [-0.2, -0.15) is 0 Å². The van der Waals surface area contributed by atoms with Crippen molar-refractivity contribution in [2.75, 3.05) is 11.9 Å². The summed E-state index contributed by atoms with van der Waals surface area (Å²) in [5.41, 5.74) is 0.622. The van der Waals surface area contributed by atoms with E-state index in [4.69, 9.17) is 4.74 Å². The van der Waals surface area contributed by atoms with Gasteiger partial charge < -0.3 is 15.4 Å². The molecule has 0 aliphatic rings. The highest BCUT2D eigenvalue weighted by Gasteiger charge is 2.10. The molecule has 0 radical (unpaired) electrons. The van der Waals surface area contributed by atoms with Crippen LogP contribution in [0.25, 0.3) is 0 Å². The Morgan fingerprint density at radius 3 is 2.17 bits per heavy atom. The van der Waals surface area contributed by atoms with Gasteiger partial charge in [0.25, 0.3) is 0 Å². The molecule has 0 aliphatic carbocycles. The third-order valence-electron chi connectivity index (χ3n) is 3.15. The van der Waals surface area contributed by atoms with Crippen molar-refractivity contribution in [3.63, 3.8) is 0 Å². The minimum absolute atomic E-state index is 0.186. The second kappa shape index (κ2) is 8.72. The number of hydrogen-bond donors (Lipinski definition) is 2. The highest BCUT2D eigenvalue weighted by Crippen LogP contribution is 2.22. The molecule has 0 aliphatic heterocycles. The summed E-state index contributed by atoms with van der Waals surface area (Å²) in [6, 6.07) is 16.5. The van der Waals surface area contributed by atoms with Crippen LogP contribution in [0.4, 0.5) is 5.69 Å². The Morgan fingerprint density at radius 2 is 1.54 bits per heavy atom. The van der Waals surface area contributed by atoms with Gasteiger partial charge in [0, 0.05) is 12.2 Å². The smallest absolute Gasteiger partial charge is 0.233 e. The molecule has 2 amide bonds. The molecule has 2 N–H and O–H groups in total. The molecule has 2 aromatic carbocycles. The summed E-state index contributed by atoms with van der Waals surface area (Å²) in [6.07, 6.45) is -0.186. The molecule has 0 spiro atoms. The minimum Gasteiger partial charge on any atom is -0.457 e. The molecule has 5 nitrogen and oxygen atoms in total. The average Bonchev–Trinajstić information content (AvgIpc) is 2.56. The fraction of sp³-hybridized carbons (Fsp3) is 0.263. The summed E-state index contributed by atoms with van der Waals surface area (Å²) in [7, 11) is 0. The van der Waals surface area contributed by atoms with Gasteiger partial charge in [-0.25, -0.2) is 0 Å². The predicted octanol–water partition coefficient (Wildman–Crippen LogP) is 3.58. The first kappa shape index (κ1) is 17.5. The monoisotopic (exact) mass is 326 g/mol. The van der Waals surface area contributed by atoms with E-state index in [-0.39, 0.29) is 18.2 Å². The van der Waals surface area contributed by atoms with Crippen LogP contribution in [0, 0.1) is 5.92 Å². The number of carbonyl (C=O) groups excluding carboxylic acids is 2. The first-order valence-corrected chi connectivity index (χ1v) is 7.92. The molecule has 5 heteroatoms. The molecule has 0 atom stereocenters. The van der Waals surface area contributed by atoms with E-state index in [1.165, 1.54) is 0 Å². The van der Waals surface area contributed by atoms with Crippen LogP contribution in [-0.2, 0) is 9.59 Å². The van der Waals surface area contributed by atoms with E-state index in [1.807, 2.05) is 44.2 Å². The zero-order valence-corrected chi connectivity index (χ0v) is 13.9. The Morgan fingerprint density at radius 1 is 0.917 bits per heavy atom. The van der Waals surface area contributed by atoms with Crippen molar-refractivity contribution in [1.82, 2.24) is 5.32 Å². The number of hydrogen-bond acceptors (Lipinski definition) is 3. The number of ether oxygens (including phenoxy) is 1. The van der Waals surface area contributed by atoms with Crippen LogP contribution in [0.15, 0.2) is 54.6 Å². The standard InChI is InChI=1S/C19H22N2O3/c1-14(2)13-20-18(22)12-19(23)21-15-8-10-17(11-9-15)24-16-6-4-3-5-7-16/h3-11,14H,12-13H2,1-2H3,(H,20,22)(H,21,23). The van der Waals surface area contributed by atoms with Crippen LogP contribution in [0.3, 0.4) is 0 Å². The zero-order valence-electron chi connectivity index (χ0n) is 13.9. The molecule has 0 aromatic heterocycles. The summed E-state index contributed by atoms with van der Waals surface area (Å²) in [5.74, 6) is 1.16. The number of anilines is 1. The molecule has 0 unspecified atom stereocenters. The van der Waals surface area contributed by atoms with Gasteiger partial charge in [0.05, 0.1) is 0 Å². The van der Waals surface area contributed by atoms with E-state index < -0.39 is 0 Å². The predicted molar refractivity (Wildman–Crippen MR) is 94.1 cm³/mol. The van der Waals surface area contributed by atoms with Crippen LogP contribution in [0.2, 0.25) is 0 Å². The van der Waals surface area contributed by atoms with Gasteiger partial charge >= 0.3 is 0 Å². The third kappa shape index (κ3) is 6.12. The fourth-order valence-corrected chi connectivity index (χ4v) is 1.96. The van der Waals surface area contributed by atoms with Crippen molar-refractivity contribution < 1.29 is 14.3 Å². The molecule has 2 aromatic rings. The first-order valence-electron chi connectivity index (χ1n) is 7.92. The van der Waals surface area contributed by atoms with E-state index >= 15 is 0 Å². The van der Waals surface area contributed by atoms with Crippen molar-refractivity contribution in [1.29, 1.82) is 0 Å². The molecule has 24 heavy (non-hydrogen) atoms. The van der Waals surface area contributed by atoms with Crippen molar-refractivity contribution in [3.05, 3.63) is 54.6 Å². The van der Waals surface area contributed by atoms with Gasteiger partial charge in [0.15, 0.2) is 0 Å². The van der Waals surface area contributed by atoms with Crippen molar-refractivity contribution in [2.24, 2.45) is 5.92 Å². The van der Waals surface area contributed by atoms with E-state index in [1.54, 1.807) is 24.3 Å². The Balaban J connectivity index is 1.82. The molecule has 0 heterocycles. The number of para-hydroxylation sites is 1. The quantitative estimate of drug-likeness (QED) is 0.764.